The maximum absolute atomic E-state index is 12.9. The molecule has 0 saturated carbocycles. The van der Waals surface area contributed by atoms with Crippen LogP contribution in [0, 0.1) is 13.8 Å². The van der Waals surface area contributed by atoms with Crippen molar-refractivity contribution in [1.82, 2.24) is 24.0 Å². The van der Waals surface area contributed by atoms with Gasteiger partial charge in [0, 0.05) is 39.8 Å². The third kappa shape index (κ3) is 4.17. The average Bonchev–Trinajstić information content (AvgIpc) is 3.19. The Kier molecular flexibility index (Phi) is 5.83. The fraction of sp³-hybridized carbons (Fsp3) is 0.346. The van der Waals surface area contributed by atoms with Gasteiger partial charge in [-0.05, 0) is 30.5 Å². The Morgan fingerprint density at radius 2 is 1.71 bits per heavy atom. The number of piperazine rings is 1. The number of benzene rings is 2. The lowest BCUT2D eigenvalue weighted by molar-refractivity contribution is 0.248. The van der Waals surface area contributed by atoms with Gasteiger partial charge in [0.2, 0.25) is 5.95 Å². The first-order chi connectivity index (χ1) is 16.4. The Labute approximate surface area is 198 Å². The summed E-state index contributed by atoms with van der Waals surface area (Å²) in [6.07, 6.45) is 0. The molecular weight excluding hydrogens is 428 g/mol. The van der Waals surface area contributed by atoms with E-state index < -0.39 is 11.2 Å². The van der Waals surface area contributed by atoms with E-state index in [1.165, 1.54) is 15.7 Å². The molecule has 1 fully saturated rings. The standard InChI is InChI=1S/C26H30N6O2/c1-18-7-6-9-20(15-18)16-30-11-13-31(14-12-30)25-27-23-22(24(33)28-26(34)29(23)3)32(25)17-21-10-5-4-8-19(21)2/h4-10,15H,11-14,16-17H2,1-3H3,(H,28,33,34). The summed E-state index contributed by atoms with van der Waals surface area (Å²) in [7, 11) is 1.65. The second-order valence-electron chi connectivity index (χ2n) is 9.17. The van der Waals surface area contributed by atoms with Gasteiger partial charge in [0.05, 0.1) is 6.54 Å². The molecule has 0 unspecified atom stereocenters. The van der Waals surface area contributed by atoms with E-state index in [1.807, 2.05) is 16.7 Å². The van der Waals surface area contributed by atoms with Gasteiger partial charge in [-0.15, -0.1) is 0 Å². The summed E-state index contributed by atoms with van der Waals surface area (Å²) in [5, 5.41) is 0. The lowest BCUT2D eigenvalue weighted by Crippen LogP contribution is -2.47. The van der Waals surface area contributed by atoms with E-state index in [-0.39, 0.29) is 0 Å². The van der Waals surface area contributed by atoms with Gasteiger partial charge in [-0.2, -0.15) is 4.98 Å². The first-order valence-corrected chi connectivity index (χ1v) is 11.7. The molecule has 2 aromatic heterocycles. The number of hydrogen-bond acceptors (Lipinski definition) is 5. The second-order valence-corrected chi connectivity index (χ2v) is 9.17. The highest BCUT2D eigenvalue weighted by atomic mass is 16.2. The molecule has 1 aliphatic rings. The van der Waals surface area contributed by atoms with Crippen LogP contribution in [0.3, 0.4) is 0 Å². The number of aryl methyl sites for hydroxylation is 3. The van der Waals surface area contributed by atoms with Gasteiger partial charge < -0.3 is 4.90 Å². The number of anilines is 1. The SMILES string of the molecule is Cc1cccc(CN2CCN(c3nc4c(c(=O)[nH]c(=O)n4C)n3Cc3ccccc3C)CC2)c1. The summed E-state index contributed by atoms with van der Waals surface area (Å²) in [6, 6.07) is 16.8. The van der Waals surface area contributed by atoms with E-state index in [0.717, 1.165) is 49.8 Å². The van der Waals surface area contributed by atoms with E-state index in [9.17, 15) is 9.59 Å². The van der Waals surface area contributed by atoms with E-state index in [4.69, 9.17) is 4.98 Å². The van der Waals surface area contributed by atoms with Crippen molar-refractivity contribution in [3.8, 4) is 0 Å². The van der Waals surface area contributed by atoms with Crippen molar-refractivity contribution in [3.63, 3.8) is 0 Å². The smallest absolute Gasteiger partial charge is 0.329 e. The number of nitrogens with zero attached hydrogens (tertiary/aromatic N) is 5. The van der Waals surface area contributed by atoms with Crippen molar-refractivity contribution < 1.29 is 0 Å². The van der Waals surface area contributed by atoms with Crippen molar-refractivity contribution in [1.29, 1.82) is 0 Å². The fourth-order valence-electron chi connectivity index (χ4n) is 4.75. The van der Waals surface area contributed by atoms with Gasteiger partial charge in [-0.25, -0.2) is 4.79 Å². The first kappa shape index (κ1) is 22.2. The molecule has 1 saturated heterocycles. The molecule has 8 nitrogen and oxygen atoms in total. The Hall–Kier alpha value is -3.65. The minimum Gasteiger partial charge on any atom is -0.340 e. The number of aromatic amines is 1. The highest BCUT2D eigenvalue weighted by molar-refractivity contribution is 5.74. The maximum Gasteiger partial charge on any atom is 0.329 e. The lowest BCUT2D eigenvalue weighted by atomic mass is 10.1. The van der Waals surface area contributed by atoms with Gasteiger partial charge in [-0.1, -0.05) is 54.1 Å². The molecule has 0 aliphatic carbocycles. The lowest BCUT2D eigenvalue weighted by Gasteiger charge is -2.35. The largest absolute Gasteiger partial charge is 0.340 e. The van der Waals surface area contributed by atoms with Gasteiger partial charge in [-0.3, -0.25) is 23.8 Å². The van der Waals surface area contributed by atoms with E-state index in [0.29, 0.717) is 17.7 Å². The summed E-state index contributed by atoms with van der Waals surface area (Å²) < 4.78 is 3.38. The molecule has 5 rings (SSSR count). The highest BCUT2D eigenvalue weighted by Crippen LogP contribution is 2.24. The van der Waals surface area contributed by atoms with Crippen molar-refractivity contribution in [2.45, 2.75) is 26.9 Å². The predicted octanol–water partition coefficient (Wildman–Crippen LogP) is 2.41. The minimum atomic E-state index is -0.451. The second kappa shape index (κ2) is 8.95. The summed E-state index contributed by atoms with van der Waals surface area (Å²) in [4.78, 5) is 37.0. The molecular formula is C26H30N6O2. The zero-order valence-electron chi connectivity index (χ0n) is 19.9. The van der Waals surface area contributed by atoms with Crippen LogP contribution in [0.1, 0.15) is 22.3 Å². The molecule has 34 heavy (non-hydrogen) atoms. The zero-order chi connectivity index (χ0) is 23.8. The van der Waals surface area contributed by atoms with E-state index in [2.05, 4.69) is 65.0 Å². The number of hydrogen-bond donors (Lipinski definition) is 1. The van der Waals surface area contributed by atoms with Crippen LogP contribution in [0.5, 0.6) is 0 Å². The molecule has 0 radical (unpaired) electrons. The van der Waals surface area contributed by atoms with Crippen LogP contribution < -0.4 is 16.1 Å². The van der Waals surface area contributed by atoms with Crippen molar-refractivity contribution >= 4 is 17.1 Å². The number of H-pyrrole nitrogens is 1. The van der Waals surface area contributed by atoms with Crippen LogP contribution in [0.4, 0.5) is 5.95 Å². The predicted molar refractivity (Wildman–Crippen MR) is 135 cm³/mol. The highest BCUT2D eigenvalue weighted by Gasteiger charge is 2.25. The quantitative estimate of drug-likeness (QED) is 0.497. The van der Waals surface area contributed by atoms with E-state index in [1.54, 1.807) is 7.05 Å². The van der Waals surface area contributed by atoms with Crippen LogP contribution >= 0.6 is 0 Å². The molecule has 0 spiro atoms. The topological polar surface area (TPSA) is 79.2 Å². The third-order valence-corrected chi connectivity index (χ3v) is 6.72. The van der Waals surface area contributed by atoms with Gasteiger partial charge in [0.1, 0.15) is 0 Å². The van der Waals surface area contributed by atoms with Crippen LogP contribution in [0.2, 0.25) is 0 Å². The van der Waals surface area contributed by atoms with Gasteiger partial charge >= 0.3 is 5.69 Å². The molecule has 0 atom stereocenters. The van der Waals surface area contributed by atoms with Crippen molar-refractivity contribution in [3.05, 3.63) is 91.6 Å². The number of aromatic nitrogens is 4. The molecule has 0 amide bonds. The molecule has 1 N–H and O–H groups in total. The monoisotopic (exact) mass is 458 g/mol. The molecule has 0 bridgehead atoms. The summed E-state index contributed by atoms with van der Waals surface area (Å²) in [5.41, 5.74) is 4.87. The maximum atomic E-state index is 12.9. The fourth-order valence-corrected chi connectivity index (χ4v) is 4.75. The van der Waals surface area contributed by atoms with Crippen LogP contribution in [-0.4, -0.2) is 50.2 Å². The molecule has 4 aromatic rings. The van der Waals surface area contributed by atoms with E-state index >= 15 is 0 Å². The molecule has 8 heteroatoms. The average molecular weight is 459 g/mol. The summed E-state index contributed by atoms with van der Waals surface area (Å²) in [6.45, 7) is 9.03. The van der Waals surface area contributed by atoms with Crippen molar-refractivity contribution in [2.75, 3.05) is 31.1 Å². The van der Waals surface area contributed by atoms with Crippen LogP contribution in [-0.2, 0) is 20.1 Å². The molecule has 1 aliphatic heterocycles. The molecule has 3 heterocycles. The number of fused-ring (bicyclic) bond motifs is 1. The van der Waals surface area contributed by atoms with Gasteiger partial charge in [0.25, 0.3) is 5.56 Å². The zero-order valence-corrected chi connectivity index (χ0v) is 19.9. The number of imidazole rings is 1. The number of nitrogens with one attached hydrogen (secondary N) is 1. The number of rotatable bonds is 5. The van der Waals surface area contributed by atoms with Crippen LogP contribution in [0.25, 0.3) is 11.2 Å². The molecule has 176 valence electrons. The Morgan fingerprint density at radius 1 is 0.941 bits per heavy atom. The van der Waals surface area contributed by atoms with Crippen molar-refractivity contribution in [2.24, 2.45) is 7.05 Å². The summed E-state index contributed by atoms with van der Waals surface area (Å²) >= 11 is 0. The van der Waals surface area contributed by atoms with Crippen LogP contribution in [0.15, 0.2) is 58.1 Å². The normalized spacial score (nSPS) is 14.7. The Balaban J connectivity index is 1.47. The third-order valence-electron chi connectivity index (χ3n) is 6.72. The summed E-state index contributed by atoms with van der Waals surface area (Å²) in [5.74, 6) is 0.736. The Morgan fingerprint density at radius 3 is 2.44 bits per heavy atom. The first-order valence-electron chi connectivity index (χ1n) is 11.7. The Bertz CT molecular complexity index is 1460. The molecule has 2 aromatic carbocycles. The van der Waals surface area contributed by atoms with Gasteiger partial charge in [0.15, 0.2) is 11.2 Å². The minimum absolute atomic E-state index is 0.400.